The molecule has 2 aromatic rings. The summed E-state index contributed by atoms with van der Waals surface area (Å²) in [6.07, 6.45) is 3.80. The normalized spacial score (nSPS) is 13.9. The number of benzene rings is 1. The lowest BCUT2D eigenvalue weighted by Crippen LogP contribution is -2.22. The number of hydrogen-bond acceptors (Lipinski definition) is 4. The van der Waals surface area contributed by atoms with Crippen LogP contribution in [0.1, 0.15) is 18.4 Å². The van der Waals surface area contributed by atoms with Crippen LogP contribution in [-0.2, 0) is 0 Å². The van der Waals surface area contributed by atoms with Crippen molar-refractivity contribution >= 4 is 35.0 Å². The van der Waals surface area contributed by atoms with Gasteiger partial charge < -0.3 is 10.2 Å². The van der Waals surface area contributed by atoms with Gasteiger partial charge in [0.2, 0.25) is 0 Å². The number of halogens is 1. The molecule has 0 spiro atoms. The predicted molar refractivity (Wildman–Crippen MR) is 92.3 cm³/mol. The summed E-state index contributed by atoms with van der Waals surface area (Å²) in [6.45, 7) is 3.89. The van der Waals surface area contributed by atoms with Crippen LogP contribution in [-0.4, -0.2) is 29.1 Å². The van der Waals surface area contributed by atoms with Gasteiger partial charge in [-0.05, 0) is 37.5 Å². The minimum absolute atomic E-state index is 0.365. The van der Waals surface area contributed by atoms with Crippen molar-refractivity contribution in [1.29, 1.82) is 0 Å². The number of hydrogen-bond donors (Lipinski definition) is 2. The Morgan fingerprint density at radius 1 is 1.17 bits per heavy atom. The fraction of sp³-hybridized carbons (Fsp3) is 0.312. The van der Waals surface area contributed by atoms with Crippen molar-refractivity contribution in [3.8, 4) is 0 Å². The van der Waals surface area contributed by atoms with Gasteiger partial charge in [-0.25, -0.2) is 14.8 Å². The zero-order chi connectivity index (χ0) is 16.2. The molecule has 0 radical (unpaired) electrons. The van der Waals surface area contributed by atoms with Gasteiger partial charge >= 0.3 is 6.03 Å². The van der Waals surface area contributed by atoms with Crippen LogP contribution in [0.3, 0.4) is 0 Å². The van der Waals surface area contributed by atoms with Crippen molar-refractivity contribution in [2.24, 2.45) is 0 Å². The van der Waals surface area contributed by atoms with E-state index in [9.17, 15) is 4.79 Å². The number of nitrogens with zero attached hydrogens (tertiary/aromatic N) is 3. The second-order valence-electron chi connectivity index (χ2n) is 5.50. The van der Waals surface area contributed by atoms with Gasteiger partial charge in [-0.15, -0.1) is 0 Å². The minimum atomic E-state index is -0.365. The third-order valence-corrected chi connectivity index (χ3v) is 4.16. The van der Waals surface area contributed by atoms with Crippen LogP contribution in [0.2, 0.25) is 5.02 Å². The number of rotatable bonds is 3. The van der Waals surface area contributed by atoms with E-state index in [-0.39, 0.29) is 6.03 Å². The number of carbonyl (C=O) groups is 1. The molecule has 120 valence electrons. The highest BCUT2D eigenvalue weighted by Gasteiger charge is 2.14. The standard InChI is InChI=1S/C16H18ClN5O/c1-11-4-5-12(8-13(11)17)20-16(23)21-14-9-15(19-10-18-14)22-6-2-3-7-22/h4-5,8-10H,2-3,6-7H2,1H3,(H2,18,19,20,21,23). The first kappa shape index (κ1) is 15.6. The van der Waals surface area contributed by atoms with Gasteiger partial charge in [0.05, 0.1) is 0 Å². The highest BCUT2D eigenvalue weighted by molar-refractivity contribution is 6.31. The molecule has 0 aliphatic carbocycles. The number of aryl methyl sites for hydroxylation is 1. The van der Waals surface area contributed by atoms with Crippen molar-refractivity contribution in [2.75, 3.05) is 28.6 Å². The topological polar surface area (TPSA) is 70.2 Å². The predicted octanol–water partition coefficient (Wildman–Crippen LogP) is 3.68. The molecule has 6 nitrogen and oxygen atoms in total. The molecule has 2 heterocycles. The van der Waals surface area contributed by atoms with Crippen LogP contribution in [0, 0.1) is 6.92 Å². The molecule has 0 atom stereocenters. The number of carbonyl (C=O) groups excluding carboxylic acids is 1. The van der Waals surface area contributed by atoms with E-state index in [1.165, 1.54) is 19.2 Å². The van der Waals surface area contributed by atoms with E-state index in [0.29, 0.717) is 16.5 Å². The van der Waals surface area contributed by atoms with Gasteiger partial charge in [0.25, 0.3) is 0 Å². The third-order valence-electron chi connectivity index (χ3n) is 3.75. The van der Waals surface area contributed by atoms with Crippen LogP contribution < -0.4 is 15.5 Å². The number of nitrogens with one attached hydrogen (secondary N) is 2. The average Bonchev–Trinajstić information content (AvgIpc) is 3.05. The summed E-state index contributed by atoms with van der Waals surface area (Å²) in [5.74, 6) is 1.31. The van der Waals surface area contributed by atoms with Crippen LogP contribution in [0.15, 0.2) is 30.6 Å². The fourth-order valence-electron chi connectivity index (χ4n) is 2.48. The lowest BCUT2D eigenvalue weighted by Gasteiger charge is -2.16. The SMILES string of the molecule is Cc1ccc(NC(=O)Nc2cc(N3CCCC3)ncn2)cc1Cl. The highest BCUT2D eigenvalue weighted by atomic mass is 35.5. The first-order chi connectivity index (χ1) is 11.1. The number of aromatic nitrogens is 2. The minimum Gasteiger partial charge on any atom is -0.356 e. The van der Waals surface area contributed by atoms with E-state index in [1.54, 1.807) is 18.2 Å². The first-order valence-electron chi connectivity index (χ1n) is 7.53. The van der Waals surface area contributed by atoms with E-state index in [4.69, 9.17) is 11.6 Å². The van der Waals surface area contributed by atoms with Crippen molar-refractivity contribution in [1.82, 2.24) is 9.97 Å². The fourth-order valence-corrected chi connectivity index (χ4v) is 2.66. The molecule has 0 unspecified atom stereocenters. The molecule has 7 heteroatoms. The molecule has 1 aromatic heterocycles. The van der Waals surface area contributed by atoms with Crippen LogP contribution in [0.5, 0.6) is 0 Å². The molecule has 23 heavy (non-hydrogen) atoms. The number of amides is 2. The molecular formula is C16H18ClN5O. The monoisotopic (exact) mass is 331 g/mol. The maximum absolute atomic E-state index is 12.1. The van der Waals surface area contributed by atoms with Crippen molar-refractivity contribution in [3.63, 3.8) is 0 Å². The Morgan fingerprint density at radius 2 is 1.96 bits per heavy atom. The van der Waals surface area contributed by atoms with E-state index in [2.05, 4.69) is 25.5 Å². The van der Waals surface area contributed by atoms with Gasteiger partial charge in [-0.3, -0.25) is 5.32 Å². The maximum atomic E-state index is 12.1. The first-order valence-corrected chi connectivity index (χ1v) is 7.91. The summed E-state index contributed by atoms with van der Waals surface area (Å²) < 4.78 is 0. The van der Waals surface area contributed by atoms with E-state index < -0.39 is 0 Å². The second-order valence-corrected chi connectivity index (χ2v) is 5.91. The average molecular weight is 332 g/mol. The van der Waals surface area contributed by atoms with Crippen LogP contribution in [0.4, 0.5) is 22.1 Å². The van der Waals surface area contributed by atoms with E-state index in [1.807, 2.05) is 13.0 Å². The summed E-state index contributed by atoms with van der Waals surface area (Å²) in [7, 11) is 0. The summed E-state index contributed by atoms with van der Waals surface area (Å²) in [4.78, 5) is 22.6. The summed E-state index contributed by atoms with van der Waals surface area (Å²) in [5.41, 5.74) is 1.59. The molecule has 0 saturated carbocycles. The molecule has 3 rings (SSSR count). The maximum Gasteiger partial charge on any atom is 0.324 e. The molecule has 1 aliphatic heterocycles. The van der Waals surface area contributed by atoms with Gasteiger partial charge in [0.1, 0.15) is 18.0 Å². The third kappa shape index (κ3) is 3.90. The zero-order valence-electron chi connectivity index (χ0n) is 12.8. The Hall–Kier alpha value is -2.34. The van der Waals surface area contributed by atoms with E-state index >= 15 is 0 Å². The quantitative estimate of drug-likeness (QED) is 0.900. The number of anilines is 3. The van der Waals surface area contributed by atoms with Gasteiger partial charge in [-0.2, -0.15) is 0 Å². The Kier molecular flexibility index (Phi) is 4.62. The van der Waals surface area contributed by atoms with Crippen molar-refractivity contribution < 1.29 is 4.79 Å². The van der Waals surface area contributed by atoms with Crippen molar-refractivity contribution in [3.05, 3.63) is 41.2 Å². The molecule has 1 aromatic carbocycles. The van der Waals surface area contributed by atoms with Crippen molar-refractivity contribution in [2.45, 2.75) is 19.8 Å². The molecule has 1 saturated heterocycles. The van der Waals surface area contributed by atoms with Crippen LogP contribution in [0.25, 0.3) is 0 Å². The summed E-state index contributed by atoms with van der Waals surface area (Å²) >= 11 is 6.05. The van der Waals surface area contributed by atoms with Crippen LogP contribution >= 0.6 is 11.6 Å². The largest absolute Gasteiger partial charge is 0.356 e. The molecule has 2 N–H and O–H groups in total. The Morgan fingerprint density at radius 3 is 2.70 bits per heavy atom. The lowest BCUT2D eigenvalue weighted by atomic mass is 10.2. The Balaban J connectivity index is 1.65. The molecule has 0 bridgehead atoms. The zero-order valence-corrected chi connectivity index (χ0v) is 13.6. The smallest absolute Gasteiger partial charge is 0.324 e. The number of urea groups is 1. The van der Waals surface area contributed by atoms with Gasteiger partial charge in [0, 0.05) is 29.9 Å². The van der Waals surface area contributed by atoms with E-state index in [0.717, 1.165) is 24.5 Å². The second kappa shape index (κ2) is 6.83. The molecular weight excluding hydrogens is 314 g/mol. The lowest BCUT2D eigenvalue weighted by molar-refractivity contribution is 0.262. The molecule has 1 fully saturated rings. The highest BCUT2D eigenvalue weighted by Crippen LogP contribution is 2.21. The van der Waals surface area contributed by atoms with Gasteiger partial charge in [0.15, 0.2) is 0 Å². The summed E-state index contributed by atoms with van der Waals surface area (Å²) in [6, 6.07) is 6.79. The van der Waals surface area contributed by atoms with Gasteiger partial charge in [-0.1, -0.05) is 17.7 Å². The molecule has 1 aliphatic rings. The summed E-state index contributed by atoms with van der Waals surface area (Å²) in [5, 5.41) is 6.07. The molecule has 2 amide bonds. The Bertz CT molecular complexity index is 715. The Labute approximate surface area is 139 Å².